The molecule has 10 nitrogen and oxygen atoms in total. The van der Waals surface area contributed by atoms with E-state index < -0.39 is 22.5 Å². The normalized spacial score (nSPS) is 11.6. The van der Waals surface area contributed by atoms with Crippen LogP contribution < -0.4 is 10.0 Å². The van der Waals surface area contributed by atoms with Gasteiger partial charge in [-0.15, -0.1) is 0 Å². The van der Waals surface area contributed by atoms with Crippen molar-refractivity contribution in [3.8, 4) is 0 Å². The summed E-state index contributed by atoms with van der Waals surface area (Å²) in [5.41, 5.74) is 8.88. The third-order valence-electron chi connectivity index (χ3n) is 6.31. The second kappa shape index (κ2) is 9.60. The fraction of sp³-hybridized carbons (Fsp3) is 0.111. The molecule has 2 heterocycles. The van der Waals surface area contributed by atoms with Gasteiger partial charge in [-0.05, 0) is 35.9 Å². The fourth-order valence-corrected chi connectivity index (χ4v) is 5.95. The molecule has 192 valence electrons. The van der Waals surface area contributed by atoms with Gasteiger partial charge in [0.25, 0.3) is 10.0 Å². The highest BCUT2D eigenvalue weighted by atomic mass is 32.2. The lowest BCUT2D eigenvalue weighted by atomic mass is 10.1. The Labute approximate surface area is 218 Å². The maximum Gasteiger partial charge on any atom is 0.324 e. The third kappa shape index (κ3) is 4.55. The van der Waals surface area contributed by atoms with Crippen molar-refractivity contribution in [1.82, 2.24) is 14.5 Å². The Morgan fingerprint density at radius 3 is 2.53 bits per heavy atom. The predicted octanol–water partition coefficient (Wildman–Crippen LogP) is 3.28. The molecule has 0 amide bonds. The number of carboxylic acid groups (broad SMARTS) is 1. The van der Waals surface area contributed by atoms with Crippen molar-refractivity contribution in [2.45, 2.75) is 11.3 Å². The molecule has 0 radical (unpaired) electrons. The molecule has 3 aromatic carbocycles. The molecular weight excluding hydrogens is 504 g/mol. The number of aromatic nitrogens is 3. The number of sulfonamides is 1. The van der Waals surface area contributed by atoms with Crippen molar-refractivity contribution in [2.24, 2.45) is 12.8 Å². The monoisotopic (exact) mass is 528 g/mol. The van der Waals surface area contributed by atoms with E-state index in [0.29, 0.717) is 22.9 Å². The molecule has 0 saturated carbocycles. The zero-order valence-electron chi connectivity index (χ0n) is 20.4. The van der Waals surface area contributed by atoms with Gasteiger partial charge in [-0.1, -0.05) is 42.5 Å². The summed E-state index contributed by atoms with van der Waals surface area (Å²) in [4.78, 5) is 20.6. The van der Waals surface area contributed by atoms with Crippen molar-refractivity contribution in [1.29, 1.82) is 5.41 Å². The first-order chi connectivity index (χ1) is 18.1. The minimum absolute atomic E-state index is 0.00745. The van der Waals surface area contributed by atoms with E-state index in [1.54, 1.807) is 54.6 Å². The molecule has 0 aliphatic heterocycles. The SMILES string of the molecule is Cn1c(Cc2ccc(C(=N)N)cc2)nc2cc(N(CC(=O)O)S(=O)(=O)c3cccc4cccnc34)ccc21. The molecule has 0 atom stereocenters. The number of aryl methyl sites for hydroxylation is 1. The maximum absolute atomic E-state index is 13.8. The van der Waals surface area contributed by atoms with E-state index in [-0.39, 0.29) is 21.9 Å². The van der Waals surface area contributed by atoms with Crippen LogP contribution in [-0.2, 0) is 28.3 Å². The number of benzene rings is 3. The highest BCUT2D eigenvalue weighted by molar-refractivity contribution is 7.93. The van der Waals surface area contributed by atoms with Crippen molar-refractivity contribution >= 4 is 49.5 Å². The smallest absolute Gasteiger partial charge is 0.324 e. The maximum atomic E-state index is 13.8. The summed E-state index contributed by atoms with van der Waals surface area (Å²) < 4.78 is 30.3. The fourth-order valence-electron chi connectivity index (χ4n) is 4.38. The number of nitrogens with one attached hydrogen (secondary N) is 1. The Kier molecular flexibility index (Phi) is 6.29. The summed E-state index contributed by atoms with van der Waals surface area (Å²) in [7, 11) is -2.42. The van der Waals surface area contributed by atoms with Crippen LogP contribution in [0.15, 0.2) is 83.9 Å². The molecule has 11 heteroatoms. The second-order valence-electron chi connectivity index (χ2n) is 8.78. The van der Waals surface area contributed by atoms with Gasteiger partial charge >= 0.3 is 5.97 Å². The number of pyridine rings is 1. The van der Waals surface area contributed by atoms with Gasteiger partial charge < -0.3 is 15.4 Å². The molecule has 0 saturated heterocycles. The van der Waals surface area contributed by atoms with Crippen LogP contribution in [-0.4, -0.2) is 46.4 Å². The molecule has 5 rings (SSSR count). The Morgan fingerprint density at radius 1 is 1.08 bits per heavy atom. The first kappa shape index (κ1) is 24.9. The highest BCUT2D eigenvalue weighted by Gasteiger charge is 2.29. The number of anilines is 1. The van der Waals surface area contributed by atoms with Gasteiger partial charge in [-0.3, -0.25) is 19.5 Å². The number of amidine groups is 1. The number of para-hydroxylation sites is 1. The van der Waals surface area contributed by atoms with Crippen LogP contribution in [0.2, 0.25) is 0 Å². The summed E-state index contributed by atoms with van der Waals surface area (Å²) in [6.45, 7) is -0.765. The predicted molar refractivity (Wildman–Crippen MR) is 145 cm³/mol. The first-order valence-electron chi connectivity index (χ1n) is 11.6. The molecule has 2 aromatic heterocycles. The molecule has 0 unspecified atom stereocenters. The lowest BCUT2D eigenvalue weighted by Crippen LogP contribution is -2.36. The van der Waals surface area contributed by atoms with Gasteiger partial charge in [0.05, 0.1) is 22.2 Å². The zero-order chi connectivity index (χ0) is 27.0. The lowest BCUT2D eigenvalue weighted by molar-refractivity contribution is -0.135. The van der Waals surface area contributed by atoms with Crippen molar-refractivity contribution in [2.75, 3.05) is 10.8 Å². The summed E-state index contributed by atoms with van der Waals surface area (Å²) in [6.07, 6.45) is 2.00. The Morgan fingerprint density at radius 2 is 1.82 bits per heavy atom. The van der Waals surface area contributed by atoms with Crippen LogP contribution in [0.1, 0.15) is 17.0 Å². The van der Waals surface area contributed by atoms with Gasteiger partial charge in [-0.2, -0.15) is 0 Å². The number of imidazole rings is 1. The van der Waals surface area contributed by atoms with E-state index in [2.05, 4.69) is 4.98 Å². The number of aliphatic carboxylic acids is 1. The summed E-state index contributed by atoms with van der Waals surface area (Å²) in [6, 6.07) is 20.4. The molecule has 4 N–H and O–H groups in total. The number of fused-ring (bicyclic) bond motifs is 2. The van der Waals surface area contributed by atoms with E-state index in [4.69, 9.17) is 16.1 Å². The lowest BCUT2D eigenvalue weighted by Gasteiger charge is -2.23. The molecular formula is C27H24N6O4S. The standard InChI is InChI=1S/C27H24N6O4S/c1-32-22-12-11-20(15-21(22)31-24(32)14-17-7-9-19(10-8-17)27(28)29)33(16-25(34)35)38(36,37)23-6-2-4-18-5-3-13-30-26(18)23/h2-13,15H,14,16H2,1H3,(H3,28,29)(H,34,35). The summed E-state index contributed by atoms with van der Waals surface area (Å²) >= 11 is 0. The number of carboxylic acids is 1. The van der Waals surface area contributed by atoms with E-state index in [9.17, 15) is 18.3 Å². The number of hydrogen-bond acceptors (Lipinski definition) is 6. The zero-order valence-corrected chi connectivity index (χ0v) is 21.2. The van der Waals surface area contributed by atoms with Crippen molar-refractivity contribution in [3.05, 3.63) is 95.9 Å². The quantitative estimate of drug-likeness (QED) is 0.206. The van der Waals surface area contributed by atoms with E-state index >= 15 is 0 Å². The van der Waals surface area contributed by atoms with Crippen LogP contribution in [0.25, 0.3) is 21.9 Å². The van der Waals surface area contributed by atoms with Gasteiger partial charge in [-0.25, -0.2) is 13.4 Å². The Balaban J connectivity index is 1.55. The Hall–Kier alpha value is -4.77. The van der Waals surface area contributed by atoms with Crippen LogP contribution in [0, 0.1) is 5.41 Å². The average molecular weight is 529 g/mol. The van der Waals surface area contributed by atoms with Gasteiger partial charge in [0, 0.05) is 30.6 Å². The number of nitrogen functional groups attached to an aromatic ring is 1. The number of nitrogens with two attached hydrogens (primary N) is 1. The summed E-state index contributed by atoms with van der Waals surface area (Å²) in [5, 5.41) is 17.8. The van der Waals surface area contributed by atoms with Crippen molar-refractivity contribution < 1.29 is 18.3 Å². The van der Waals surface area contributed by atoms with E-state index in [1.165, 1.54) is 12.3 Å². The average Bonchev–Trinajstić information content (AvgIpc) is 3.21. The van der Waals surface area contributed by atoms with Gasteiger partial charge in [0.2, 0.25) is 0 Å². The van der Waals surface area contributed by atoms with Crippen LogP contribution in [0.3, 0.4) is 0 Å². The number of rotatable bonds is 8. The Bertz CT molecular complexity index is 1810. The number of carbonyl (C=O) groups is 1. The topological polar surface area (TPSA) is 155 Å². The van der Waals surface area contributed by atoms with Gasteiger partial charge in [0.1, 0.15) is 23.1 Å². The van der Waals surface area contributed by atoms with Crippen LogP contribution in [0.5, 0.6) is 0 Å². The molecule has 0 bridgehead atoms. The third-order valence-corrected chi connectivity index (χ3v) is 8.12. The van der Waals surface area contributed by atoms with E-state index in [0.717, 1.165) is 21.2 Å². The summed E-state index contributed by atoms with van der Waals surface area (Å²) in [5.74, 6) is -0.567. The molecule has 0 fully saturated rings. The highest BCUT2D eigenvalue weighted by Crippen LogP contribution is 2.30. The van der Waals surface area contributed by atoms with E-state index in [1.807, 2.05) is 23.7 Å². The molecule has 5 aromatic rings. The first-order valence-corrected chi connectivity index (χ1v) is 13.1. The van der Waals surface area contributed by atoms with Crippen LogP contribution in [0.4, 0.5) is 5.69 Å². The second-order valence-corrected chi connectivity index (χ2v) is 10.6. The van der Waals surface area contributed by atoms with Gasteiger partial charge in [0.15, 0.2) is 0 Å². The van der Waals surface area contributed by atoms with Crippen LogP contribution >= 0.6 is 0 Å². The number of nitrogens with zero attached hydrogens (tertiary/aromatic N) is 4. The molecule has 0 aliphatic carbocycles. The minimum atomic E-state index is -4.28. The number of hydrogen-bond donors (Lipinski definition) is 3. The molecule has 0 spiro atoms. The molecule has 0 aliphatic rings. The minimum Gasteiger partial charge on any atom is -0.480 e. The largest absolute Gasteiger partial charge is 0.480 e. The molecule has 38 heavy (non-hydrogen) atoms. The van der Waals surface area contributed by atoms with Crippen molar-refractivity contribution in [3.63, 3.8) is 0 Å².